The molecule has 11 heteroatoms. The maximum absolute atomic E-state index is 13.2. The van der Waals surface area contributed by atoms with Gasteiger partial charge in [0.1, 0.15) is 12.0 Å². The number of rotatable bonds is 9. The van der Waals surface area contributed by atoms with Crippen molar-refractivity contribution in [3.8, 4) is 11.5 Å². The van der Waals surface area contributed by atoms with Crippen LogP contribution >= 0.6 is 11.3 Å². The number of aromatic nitrogens is 4. The predicted molar refractivity (Wildman–Crippen MR) is 120 cm³/mol. The molecule has 3 aromatic heterocycles. The molecule has 0 aliphatic heterocycles. The van der Waals surface area contributed by atoms with Crippen molar-refractivity contribution in [3.05, 3.63) is 36.0 Å². The van der Waals surface area contributed by atoms with Crippen molar-refractivity contribution >= 4 is 44.8 Å². The maximum Gasteiger partial charge on any atom is 0.315 e. The lowest BCUT2D eigenvalue weighted by molar-refractivity contribution is 0.186. The van der Waals surface area contributed by atoms with Crippen LogP contribution in [0, 0.1) is 0 Å². The average Bonchev–Trinajstić information content (AvgIpc) is 3.41. The van der Waals surface area contributed by atoms with Gasteiger partial charge in [-0.05, 0) is 32.0 Å². The molecular weight excluding hydrogens is 421 g/mol. The summed E-state index contributed by atoms with van der Waals surface area (Å²) in [6.07, 6.45) is 0.228. The smallest absolute Gasteiger partial charge is 0.315 e. The van der Waals surface area contributed by atoms with Crippen molar-refractivity contribution in [2.75, 3.05) is 29.1 Å². The van der Waals surface area contributed by atoms with E-state index in [4.69, 9.17) is 9.52 Å². The number of alkyl halides is 1. The predicted octanol–water partition coefficient (Wildman–Crippen LogP) is 4.05. The fourth-order valence-electron chi connectivity index (χ4n) is 2.87. The minimum Gasteiger partial charge on any atom is -0.403 e. The summed E-state index contributed by atoms with van der Waals surface area (Å²) < 4.78 is 19.9. The van der Waals surface area contributed by atoms with Crippen molar-refractivity contribution in [3.63, 3.8) is 0 Å². The molecule has 0 radical (unpaired) electrons. The summed E-state index contributed by atoms with van der Waals surface area (Å²) >= 11 is 1.58. The quantitative estimate of drug-likeness (QED) is 0.303. The Morgan fingerprint density at radius 3 is 2.87 bits per heavy atom. The fourth-order valence-corrected chi connectivity index (χ4v) is 3.59. The van der Waals surface area contributed by atoms with Crippen LogP contribution in [0.3, 0.4) is 0 Å². The number of pyridine rings is 1. The Morgan fingerprint density at radius 1 is 1.19 bits per heavy atom. The van der Waals surface area contributed by atoms with Gasteiger partial charge in [-0.1, -0.05) is 5.10 Å². The molecule has 0 aliphatic rings. The molecule has 4 rings (SSSR count). The van der Waals surface area contributed by atoms with Gasteiger partial charge in [-0.3, -0.25) is 0 Å². The molecule has 0 fully saturated rings. The Labute approximate surface area is 181 Å². The lowest BCUT2D eigenvalue weighted by Crippen LogP contribution is -2.18. The third-order valence-corrected chi connectivity index (χ3v) is 5.07. The van der Waals surface area contributed by atoms with E-state index in [0.29, 0.717) is 11.4 Å². The van der Waals surface area contributed by atoms with Crippen LogP contribution in [0.15, 0.2) is 40.4 Å². The molecule has 0 unspecified atom stereocenters. The fraction of sp³-hybridized carbons (Fsp3) is 0.300. The van der Waals surface area contributed by atoms with E-state index >= 15 is 0 Å². The first-order valence-corrected chi connectivity index (χ1v) is 10.6. The van der Waals surface area contributed by atoms with Crippen LogP contribution in [0.25, 0.3) is 21.7 Å². The van der Waals surface area contributed by atoms with E-state index in [0.717, 1.165) is 21.6 Å². The van der Waals surface area contributed by atoms with Crippen molar-refractivity contribution < 1.29 is 13.9 Å². The number of nitrogens with zero attached hydrogens (tertiary/aromatic N) is 4. The summed E-state index contributed by atoms with van der Waals surface area (Å²) in [6, 6.07) is 8.03. The second-order valence-corrected chi connectivity index (χ2v) is 8.03. The average molecular weight is 444 g/mol. The molecule has 0 aliphatic carbocycles. The molecule has 4 N–H and O–H groups in total. The van der Waals surface area contributed by atoms with Gasteiger partial charge in [0.25, 0.3) is 5.89 Å². The van der Waals surface area contributed by atoms with Crippen LogP contribution in [-0.2, 0) is 0 Å². The standard InChI is InChI=1S/C20H22FN7O2S/c1-11(2)25-16-6-18(26-13-3-4-15-17(5-13)31-10-24-15)22-8-14(16)19-27-28-20(30-19)23-7-12(21)9-29/h3-6,8,10-12,29H,7,9H2,1-2H3,(H,23,28)(H2,22,25,26)/t12-/m1/s1. The topological polar surface area (TPSA) is 121 Å². The summed E-state index contributed by atoms with van der Waals surface area (Å²) in [6.45, 7) is 3.34. The molecule has 1 atom stereocenters. The Morgan fingerprint density at radius 2 is 2.06 bits per heavy atom. The molecule has 1 aromatic carbocycles. The maximum atomic E-state index is 13.2. The normalized spacial score (nSPS) is 12.3. The minimum atomic E-state index is -1.41. The molecule has 0 bridgehead atoms. The van der Waals surface area contributed by atoms with Crippen molar-refractivity contribution in [1.82, 2.24) is 20.2 Å². The van der Waals surface area contributed by atoms with Gasteiger partial charge in [0, 0.05) is 24.0 Å². The zero-order valence-corrected chi connectivity index (χ0v) is 17.8. The van der Waals surface area contributed by atoms with E-state index < -0.39 is 12.8 Å². The van der Waals surface area contributed by atoms with Crippen molar-refractivity contribution in [1.29, 1.82) is 0 Å². The number of aliphatic hydroxyl groups excluding tert-OH is 1. The molecule has 0 saturated heterocycles. The van der Waals surface area contributed by atoms with Gasteiger partial charge >= 0.3 is 6.01 Å². The van der Waals surface area contributed by atoms with E-state index in [-0.39, 0.29) is 24.5 Å². The van der Waals surface area contributed by atoms with E-state index in [2.05, 4.69) is 36.1 Å². The highest BCUT2D eigenvalue weighted by Crippen LogP contribution is 2.31. The van der Waals surface area contributed by atoms with Gasteiger partial charge in [0.2, 0.25) is 0 Å². The van der Waals surface area contributed by atoms with Gasteiger partial charge in [-0.2, -0.15) is 0 Å². The molecule has 0 amide bonds. The van der Waals surface area contributed by atoms with E-state index in [1.165, 1.54) is 0 Å². The molecule has 31 heavy (non-hydrogen) atoms. The molecule has 0 spiro atoms. The number of hydrogen-bond acceptors (Lipinski definition) is 10. The number of thiazole rings is 1. The summed E-state index contributed by atoms with van der Waals surface area (Å²) in [4.78, 5) is 8.77. The summed E-state index contributed by atoms with van der Waals surface area (Å²) in [7, 11) is 0. The second kappa shape index (κ2) is 9.23. The number of hydrogen-bond donors (Lipinski definition) is 4. The number of halogens is 1. The lowest BCUT2D eigenvalue weighted by Gasteiger charge is -2.15. The van der Waals surface area contributed by atoms with E-state index in [1.807, 2.05) is 43.6 Å². The minimum absolute atomic E-state index is 0.0710. The largest absolute Gasteiger partial charge is 0.403 e. The number of nitrogens with one attached hydrogen (secondary N) is 3. The summed E-state index contributed by atoms with van der Waals surface area (Å²) in [5.41, 5.74) is 5.07. The first-order chi connectivity index (χ1) is 15.0. The lowest BCUT2D eigenvalue weighted by atomic mass is 10.2. The molecule has 9 nitrogen and oxygen atoms in total. The first-order valence-electron chi connectivity index (χ1n) is 9.71. The Bertz CT molecular complexity index is 1160. The van der Waals surface area contributed by atoms with Gasteiger partial charge in [-0.25, -0.2) is 14.4 Å². The third-order valence-electron chi connectivity index (χ3n) is 4.28. The third kappa shape index (κ3) is 5.06. The van der Waals surface area contributed by atoms with Crippen LogP contribution < -0.4 is 16.0 Å². The van der Waals surface area contributed by atoms with Gasteiger partial charge in [0.05, 0.1) is 40.1 Å². The highest BCUT2D eigenvalue weighted by atomic mass is 32.1. The zero-order valence-electron chi connectivity index (χ0n) is 17.0. The molecule has 4 aromatic rings. The summed E-state index contributed by atoms with van der Waals surface area (Å²) in [5.74, 6) is 0.895. The van der Waals surface area contributed by atoms with E-state index in [1.54, 1.807) is 17.5 Å². The molecule has 0 saturated carbocycles. The van der Waals surface area contributed by atoms with Crippen LogP contribution in [0.1, 0.15) is 13.8 Å². The SMILES string of the molecule is CC(C)Nc1cc(Nc2ccc3ncsc3c2)ncc1-c1nnc(NC[C@@H](F)CO)o1. The highest BCUT2D eigenvalue weighted by molar-refractivity contribution is 7.16. The van der Waals surface area contributed by atoms with E-state index in [9.17, 15) is 4.39 Å². The number of fused-ring (bicyclic) bond motifs is 1. The Kier molecular flexibility index (Phi) is 6.23. The van der Waals surface area contributed by atoms with Gasteiger partial charge < -0.3 is 25.5 Å². The second-order valence-electron chi connectivity index (χ2n) is 7.15. The van der Waals surface area contributed by atoms with Crippen molar-refractivity contribution in [2.24, 2.45) is 0 Å². The monoisotopic (exact) mass is 443 g/mol. The Hall–Kier alpha value is -3.31. The van der Waals surface area contributed by atoms with Gasteiger partial charge in [0.15, 0.2) is 0 Å². The van der Waals surface area contributed by atoms with Crippen LogP contribution in [-0.4, -0.2) is 50.6 Å². The number of anilines is 4. The van der Waals surface area contributed by atoms with Gasteiger partial charge in [-0.15, -0.1) is 16.4 Å². The van der Waals surface area contributed by atoms with Crippen LogP contribution in [0.2, 0.25) is 0 Å². The van der Waals surface area contributed by atoms with Crippen molar-refractivity contribution in [2.45, 2.75) is 26.1 Å². The molecule has 3 heterocycles. The Balaban J connectivity index is 1.57. The molecule has 162 valence electrons. The number of benzene rings is 1. The number of aliphatic hydroxyl groups is 1. The molecular formula is C20H22FN7O2S. The summed E-state index contributed by atoms with van der Waals surface area (Å²) in [5, 5.41) is 26.0. The first kappa shape index (κ1) is 20.9. The van der Waals surface area contributed by atoms with Crippen LogP contribution in [0.5, 0.6) is 0 Å². The van der Waals surface area contributed by atoms with Crippen LogP contribution in [0.4, 0.5) is 27.6 Å². The highest BCUT2D eigenvalue weighted by Gasteiger charge is 2.16. The zero-order chi connectivity index (χ0) is 21.8.